The first-order chi connectivity index (χ1) is 5.65. The molecule has 1 fully saturated rings. The topological polar surface area (TPSA) is 23.5 Å². The molecule has 0 saturated carbocycles. The van der Waals surface area contributed by atoms with E-state index < -0.39 is 0 Å². The lowest BCUT2D eigenvalue weighted by atomic mass is 10.1. The molecule has 1 aliphatic heterocycles. The van der Waals surface area contributed by atoms with Crippen molar-refractivity contribution >= 4 is 11.8 Å². The minimum atomic E-state index is 0.289. The lowest BCUT2D eigenvalue weighted by molar-refractivity contribution is 0.165. The van der Waals surface area contributed by atoms with E-state index in [1.165, 1.54) is 12.8 Å². The Bertz CT molecular complexity index is 140. The number of likely N-dealkylation sites (N-methyl/N-ethyl adjacent to an activating group) is 1. The minimum absolute atomic E-state index is 0.289. The average molecular weight is 189 g/mol. The van der Waals surface area contributed by atoms with Crippen LogP contribution in [0.4, 0.5) is 0 Å². The number of hydrogen-bond donors (Lipinski definition) is 1. The highest BCUT2D eigenvalue weighted by atomic mass is 32.2. The van der Waals surface area contributed by atoms with Gasteiger partial charge in [0.05, 0.1) is 6.61 Å². The molecular weight excluding hydrogens is 170 g/mol. The maximum atomic E-state index is 9.19. The van der Waals surface area contributed by atoms with Gasteiger partial charge in [0, 0.05) is 16.5 Å². The van der Waals surface area contributed by atoms with Gasteiger partial charge in [-0.3, -0.25) is 0 Å². The number of aliphatic hydroxyl groups excluding tert-OH is 1. The largest absolute Gasteiger partial charge is 0.395 e. The number of nitrogens with zero attached hydrogens (tertiary/aromatic N) is 1. The number of aliphatic hydroxyl groups is 1. The lowest BCUT2D eigenvalue weighted by Gasteiger charge is -2.27. The van der Waals surface area contributed by atoms with E-state index in [-0.39, 0.29) is 6.61 Å². The smallest absolute Gasteiger partial charge is 0.0597 e. The fourth-order valence-electron chi connectivity index (χ4n) is 1.73. The van der Waals surface area contributed by atoms with Gasteiger partial charge in [0.15, 0.2) is 0 Å². The predicted molar refractivity (Wildman–Crippen MR) is 54.6 cm³/mol. The van der Waals surface area contributed by atoms with Crippen molar-refractivity contribution in [3.63, 3.8) is 0 Å². The van der Waals surface area contributed by atoms with Gasteiger partial charge in [-0.25, -0.2) is 0 Å². The molecule has 0 radical (unpaired) electrons. The van der Waals surface area contributed by atoms with Crippen molar-refractivity contribution in [2.45, 2.75) is 36.3 Å². The Balaban J connectivity index is 2.44. The van der Waals surface area contributed by atoms with Crippen LogP contribution in [0.1, 0.15) is 19.8 Å². The van der Waals surface area contributed by atoms with Crippen molar-refractivity contribution in [3.05, 3.63) is 0 Å². The molecule has 3 heteroatoms. The van der Waals surface area contributed by atoms with Crippen LogP contribution in [0.15, 0.2) is 0 Å². The van der Waals surface area contributed by atoms with Crippen LogP contribution in [-0.4, -0.2) is 47.3 Å². The van der Waals surface area contributed by atoms with Crippen molar-refractivity contribution < 1.29 is 5.11 Å². The highest BCUT2D eigenvalue weighted by Crippen LogP contribution is 2.36. The van der Waals surface area contributed by atoms with Crippen molar-refractivity contribution in [2.75, 3.05) is 20.7 Å². The van der Waals surface area contributed by atoms with Crippen molar-refractivity contribution in [3.8, 4) is 0 Å². The molecule has 0 spiro atoms. The second-order valence-corrected chi connectivity index (χ2v) is 5.46. The van der Waals surface area contributed by atoms with Crippen molar-refractivity contribution in [2.24, 2.45) is 0 Å². The van der Waals surface area contributed by atoms with Gasteiger partial charge < -0.3 is 10.0 Å². The molecule has 0 amide bonds. The number of thioether (sulfide) groups is 1. The Morgan fingerprint density at radius 2 is 2.17 bits per heavy atom. The Kier molecular flexibility index (Phi) is 3.87. The second-order valence-electron chi connectivity index (χ2n) is 3.78. The van der Waals surface area contributed by atoms with Gasteiger partial charge >= 0.3 is 0 Å². The lowest BCUT2D eigenvalue weighted by Crippen LogP contribution is -2.39. The predicted octanol–water partition coefficient (Wildman–Crippen LogP) is 1.19. The highest BCUT2D eigenvalue weighted by Gasteiger charge is 2.29. The van der Waals surface area contributed by atoms with Crippen LogP contribution in [-0.2, 0) is 0 Å². The summed E-state index contributed by atoms with van der Waals surface area (Å²) in [7, 11) is 4.09. The van der Waals surface area contributed by atoms with Gasteiger partial charge in [-0.1, -0.05) is 6.92 Å². The normalized spacial score (nSPS) is 32.8. The molecule has 3 atom stereocenters. The minimum Gasteiger partial charge on any atom is -0.395 e. The van der Waals surface area contributed by atoms with Crippen LogP contribution < -0.4 is 0 Å². The number of hydrogen-bond acceptors (Lipinski definition) is 3. The molecule has 0 aromatic carbocycles. The van der Waals surface area contributed by atoms with Crippen LogP contribution in [0.25, 0.3) is 0 Å². The summed E-state index contributed by atoms with van der Waals surface area (Å²) in [5.74, 6) is 0. The van der Waals surface area contributed by atoms with Gasteiger partial charge in [0.1, 0.15) is 0 Å². The third-order valence-corrected chi connectivity index (χ3v) is 4.14. The summed E-state index contributed by atoms with van der Waals surface area (Å²) in [6, 6.07) is 0.347. The fourth-order valence-corrected chi connectivity index (χ4v) is 3.38. The molecule has 1 N–H and O–H groups in total. The standard InChI is InChI=1S/C9H19NOS/c1-7-4-5-9(12-7)8(6-11)10(2)3/h7-9,11H,4-6H2,1-3H3. The molecule has 1 heterocycles. The van der Waals surface area contributed by atoms with Crippen LogP contribution in [0.2, 0.25) is 0 Å². The molecule has 2 nitrogen and oxygen atoms in total. The van der Waals surface area contributed by atoms with Crippen molar-refractivity contribution in [1.29, 1.82) is 0 Å². The average Bonchev–Trinajstić information content (AvgIpc) is 2.37. The van der Waals surface area contributed by atoms with Crippen LogP contribution in [0.5, 0.6) is 0 Å². The molecule has 0 aromatic heterocycles. The summed E-state index contributed by atoms with van der Waals surface area (Å²) in [4.78, 5) is 2.13. The van der Waals surface area contributed by atoms with Gasteiger partial charge in [0.2, 0.25) is 0 Å². The fraction of sp³-hybridized carbons (Fsp3) is 1.00. The van der Waals surface area contributed by atoms with Crippen LogP contribution >= 0.6 is 11.8 Å². The zero-order valence-electron chi connectivity index (χ0n) is 8.16. The van der Waals surface area contributed by atoms with E-state index in [9.17, 15) is 5.11 Å². The van der Waals surface area contributed by atoms with Crippen LogP contribution in [0.3, 0.4) is 0 Å². The monoisotopic (exact) mass is 189 g/mol. The molecule has 1 rings (SSSR count). The maximum Gasteiger partial charge on any atom is 0.0597 e. The highest BCUT2D eigenvalue weighted by molar-refractivity contribution is 8.00. The summed E-state index contributed by atoms with van der Waals surface area (Å²) in [6.45, 7) is 2.56. The molecule has 3 unspecified atom stereocenters. The Hall–Kier alpha value is 0.270. The van der Waals surface area contributed by atoms with Gasteiger partial charge in [-0.05, 0) is 26.9 Å². The first-order valence-electron chi connectivity index (χ1n) is 4.58. The molecule has 0 aromatic rings. The summed E-state index contributed by atoms with van der Waals surface area (Å²) < 4.78 is 0. The molecule has 0 bridgehead atoms. The maximum absolute atomic E-state index is 9.19. The first-order valence-corrected chi connectivity index (χ1v) is 5.52. The Morgan fingerprint density at radius 3 is 2.50 bits per heavy atom. The van der Waals surface area contributed by atoms with E-state index in [0.717, 1.165) is 5.25 Å². The van der Waals surface area contributed by atoms with E-state index in [1.807, 2.05) is 25.9 Å². The van der Waals surface area contributed by atoms with E-state index >= 15 is 0 Å². The molecule has 1 saturated heterocycles. The van der Waals surface area contributed by atoms with E-state index in [2.05, 4.69) is 11.8 Å². The van der Waals surface area contributed by atoms with Gasteiger partial charge in [0.25, 0.3) is 0 Å². The zero-order chi connectivity index (χ0) is 9.14. The van der Waals surface area contributed by atoms with E-state index in [0.29, 0.717) is 11.3 Å². The van der Waals surface area contributed by atoms with E-state index in [4.69, 9.17) is 0 Å². The summed E-state index contributed by atoms with van der Waals surface area (Å²) >= 11 is 2.02. The molecule has 12 heavy (non-hydrogen) atoms. The molecule has 0 aliphatic carbocycles. The molecule has 72 valence electrons. The Labute approximate surface area is 79.3 Å². The zero-order valence-corrected chi connectivity index (χ0v) is 8.97. The Morgan fingerprint density at radius 1 is 1.50 bits per heavy atom. The SMILES string of the molecule is CC1CCC(C(CO)N(C)C)S1. The summed E-state index contributed by atoms with van der Waals surface area (Å²) in [5, 5.41) is 10.6. The molecular formula is C9H19NOS. The molecule has 1 aliphatic rings. The second kappa shape index (κ2) is 4.49. The summed E-state index contributed by atoms with van der Waals surface area (Å²) in [6.07, 6.45) is 2.56. The number of rotatable bonds is 3. The third-order valence-electron chi connectivity index (χ3n) is 2.54. The van der Waals surface area contributed by atoms with Gasteiger partial charge in [-0.2, -0.15) is 11.8 Å². The summed E-state index contributed by atoms with van der Waals surface area (Å²) in [5.41, 5.74) is 0. The quantitative estimate of drug-likeness (QED) is 0.721. The van der Waals surface area contributed by atoms with E-state index in [1.54, 1.807) is 0 Å². The van der Waals surface area contributed by atoms with Crippen molar-refractivity contribution in [1.82, 2.24) is 4.90 Å². The van der Waals surface area contributed by atoms with Gasteiger partial charge in [-0.15, -0.1) is 0 Å². The first kappa shape index (κ1) is 10.4. The third kappa shape index (κ3) is 2.38. The van der Waals surface area contributed by atoms with Crippen LogP contribution in [0, 0.1) is 0 Å².